The van der Waals surface area contributed by atoms with Gasteiger partial charge in [-0.15, -0.1) is 0 Å². The van der Waals surface area contributed by atoms with Crippen LogP contribution >= 0.6 is 0 Å². The number of carbonyl (C=O) groups excluding carboxylic acids is 1. The molecule has 1 amide bonds. The maximum atomic E-state index is 13.2. The lowest BCUT2D eigenvalue weighted by molar-refractivity contribution is -0.137. The minimum atomic E-state index is -1.13. The smallest absolute Gasteiger partial charge is 0.335 e. The number of hydrogen-bond donors (Lipinski definition) is 3. The summed E-state index contributed by atoms with van der Waals surface area (Å²) in [6, 6.07) is 14.0. The second kappa shape index (κ2) is 10.6. The summed E-state index contributed by atoms with van der Waals surface area (Å²) in [7, 11) is 0. The van der Waals surface area contributed by atoms with Crippen molar-refractivity contribution >= 4 is 17.6 Å². The average molecular weight is 466 g/mol. The lowest BCUT2D eigenvalue weighted by atomic mass is 10.1. The highest BCUT2D eigenvalue weighted by atomic mass is 16.4. The zero-order valence-corrected chi connectivity index (χ0v) is 19.2. The molecule has 0 radical (unpaired) electrons. The molecule has 3 N–H and O–H groups in total. The van der Waals surface area contributed by atoms with Gasteiger partial charge in [0.15, 0.2) is 0 Å². The van der Waals surface area contributed by atoms with Gasteiger partial charge >= 0.3 is 17.3 Å². The van der Waals surface area contributed by atoms with Crippen LogP contribution < -0.4 is 22.3 Å². The number of nitrogens with one attached hydrogen (secondary N) is 2. The van der Waals surface area contributed by atoms with Crippen LogP contribution in [0.25, 0.3) is 0 Å². The molecule has 0 aliphatic rings. The Kier molecular flexibility index (Phi) is 7.62. The number of nitrogens with zero attached hydrogens (tertiary/aromatic N) is 3. The first kappa shape index (κ1) is 24.4. The van der Waals surface area contributed by atoms with E-state index in [1.165, 1.54) is 4.57 Å². The van der Waals surface area contributed by atoms with Crippen LogP contribution in [0.3, 0.4) is 0 Å². The Balaban J connectivity index is 2.20. The Labute approximate surface area is 195 Å². The van der Waals surface area contributed by atoms with E-state index in [1.54, 1.807) is 24.3 Å². The summed E-state index contributed by atoms with van der Waals surface area (Å²) in [5.41, 5.74) is 0.858. The van der Waals surface area contributed by atoms with Gasteiger partial charge in [0.05, 0.1) is 24.2 Å². The highest BCUT2D eigenvalue weighted by Crippen LogP contribution is 2.17. The highest BCUT2D eigenvalue weighted by Gasteiger charge is 2.14. The van der Waals surface area contributed by atoms with Crippen molar-refractivity contribution in [2.75, 3.05) is 0 Å². The molecule has 0 aliphatic heterocycles. The predicted octanol–water partition coefficient (Wildman–Crippen LogP) is 1.54. The van der Waals surface area contributed by atoms with E-state index in [0.717, 1.165) is 15.7 Å². The number of aryl methyl sites for hydroxylation is 1. The highest BCUT2D eigenvalue weighted by molar-refractivity contribution is 5.99. The van der Waals surface area contributed by atoms with Crippen molar-refractivity contribution in [2.45, 2.75) is 46.3 Å². The van der Waals surface area contributed by atoms with Crippen molar-refractivity contribution in [3.05, 3.63) is 91.8 Å². The fraction of sp³-hybridized carbons (Fsp3) is 0.292. The lowest BCUT2D eigenvalue weighted by Gasteiger charge is -2.12. The van der Waals surface area contributed by atoms with Gasteiger partial charge in [-0.3, -0.25) is 19.1 Å². The van der Waals surface area contributed by atoms with Crippen LogP contribution in [0.15, 0.2) is 63.1 Å². The van der Waals surface area contributed by atoms with Crippen LogP contribution in [-0.4, -0.2) is 37.1 Å². The first-order chi connectivity index (χ1) is 16.2. The van der Waals surface area contributed by atoms with Crippen LogP contribution in [0, 0.1) is 6.92 Å². The molecule has 0 bridgehead atoms. The molecule has 1 aromatic heterocycles. The van der Waals surface area contributed by atoms with E-state index in [4.69, 9.17) is 5.11 Å². The number of carboxylic acids is 1. The fourth-order valence-corrected chi connectivity index (χ4v) is 3.28. The van der Waals surface area contributed by atoms with E-state index in [-0.39, 0.29) is 48.3 Å². The molecule has 0 unspecified atom stereocenters. The van der Waals surface area contributed by atoms with Crippen molar-refractivity contribution in [1.82, 2.24) is 19.4 Å². The molecule has 0 atom stereocenters. The van der Waals surface area contributed by atoms with Gasteiger partial charge in [0.25, 0.3) is 5.91 Å². The van der Waals surface area contributed by atoms with Crippen LogP contribution in [0.5, 0.6) is 0 Å². The molecule has 1 heterocycles. The van der Waals surface area contributed by atoms with E-state index in [0.29, 0.717) is 0 Å². The number of rotatable bonds is 8. The van der Waals surface area contributed by atoms with Crippen LogP contribution in [-0.2, 0) is 17.9 Å². The minimum absolute atomic E-state index is 0.0491. The number of H-pyrrole nitrogens is 1. The van der Waals surface area contributed by atoms with Crippen molar-refractivity contribution in [2.24, 2.45) is 4.99 Å². The van der Waals surface area contributed by atoms with Crippen molar-refractivity contribution < 1.29 is 14.7 Å². The number of aliphatic carboxylic acids is 1. The molecule has 34 heavy (non-hydrogen) atoms. The van der Waals surface area contributed by atoms with E-state index in [9.17, 15) is 19.2 Å². The van der Waals surface area contributed by atoms with E-state index >= 15 is 0 Å². The van der Waals surface area contributed by atoms with Gasteiger partial charge in [0.2, 0.25) is 5.62 Å². The zero-order valence-electron chi connectivity index (χ0n) is 19.2. The molecule has 3 rings (SSSR count). The number of carboxylic acid groups (broad SMARTS) is 1. The van der Waals surface area contributed by atoms with E-state index < -0.39 is 17.3 Å². The summed E-state index contributed by atoms with van der Waals surface area (Å²) < 4.78 is 2.09. The standard InChI is InChI=1S/C24H27N5O5/c1-15(2)25-21(32)18-6-4-5-7-19(18)26-22-27-23(33)28(13-12-20(30)31)24(34)29(22)14-17-10-8-16(3)9-11-17/h4-11,15H,12-14H2,1-3H3,(H,25,32)(H,30,31)(H,26,27,33). The van der Waals surface area contributed by atoms with Gasteiger partial charge in [-0.2, -0.15) is 0 Å². The molecule has 0 saturated heterocycles. The number of amides is 1. The maximum Gasteiger partial charge on any atom is 0.335 e. The second-order valence-corrected chi connectivity index (χ2v) is 8.16. The quantitative estimate of drug-likeness (QED) is 0.463. The first-order valence-corrected chi connectivity index (χ1v) is 10.8. The van der Waals surface area contributed by atoms with E-state index in [1.807, 2.05) is 45.0 Å². The van der Waals surface area contributed by atoms with Gasteiger partial charge < -0.3 is 10.4 Å². The number of benzene rings is 2. The first-order valence-electron chi connectivity index (χ1n) is 10.8. The SMILES string of the molecule is Cc1ccc(Cn2c(=O)n(CCC(=O)O)c(=O)[nH]/c2=N\c2ccccc2C(=O)NC(C)C)cc1. The summed E-state index contributed by atoms with van der Waals surface area (Å²) in [4.78, 5) is 56.5. The van der Waals surface area contributed by atoms with Crippen LogP contribution in [0.4, 0.5) is 5.69 Å². The molecule has 10 heteroatoms. The predicted molar refractivity (Wildman–Crippen MR) is 126 cm³/mol. The van der Waals surface area contributed by atoms with Gasteiger partial charge in [0, 0.05) is 12.6 Å². The number of aromatic nitrogens is 3. The van der Waals surface area contributed by atoms with Crippen molar-refractivity contribution in [1.29, 1.82) is 0 Å². The molecular formula is C24H27N5O5. The Morgan fingerprint density at radius 1 is 1.06 bits per heavy atom. The van der Waals surface area contributed by atoms with Crippen molar-refractivity contribution in [3.8, 4) is 0 Å². The molecule has 0 fully saturated rings. The zero-order chi connectivity index (χ0) is 24.8. The topological polar surface area (TPSA) is 139 Å². The second-order valence-electron chi connectivity index (χ2n) is 8.16. The lowest BCUT2D eigenvalue weighted by Crippen LogP contribution is -2.50. The summed E-state index contributed by atoms with van der Waals surface area (Å²) in [6.45, 7) is 5.41. The monoisotopic (exact) mass is 465 g/mol. The molecule has 0 saturated carbocycles. The van der Waals surface area contributed by atoms with Gasteiger partial charge in [-0.05, 0) is 38.5 Å². The van der Waals surface area contributed by atoms with E-state index in [2.05, 4.69) is 15.3 Å². The largest absolute Gasteiger partial charge is 0.481 e. The van der Waals surface area contributed by atoms with Gasteiger partial charge in [-0.25, -0.2) is 19.1 Å². The number of carbonyl (C=O) groups is 2. The Hall–Kier alpha value is -4.21. The van der Waals surface area contributed by atoms with Crippen LogP contribution in [0.1, 0.15) is 41.8 Å². The summed E-state index contributed by atoms with van der Waals surface area (Å²) in [5, 5.41) is 11.8. The fourth-order valence-electron chi connectivity index (χ4n) is 3.28. The third-order valence-corrected chi connectivity index (χ3v) is 4.99. The van der Waals surface area contributed by atoms with Crippen molar-refractivity contribution in [3.63, 3.8) is 0 Å². The summed E-state index contributed by atoms with van der Waals surface area (Å²) >= 11 is 0. The van der Waals surface area contributed by atoms with Gasteiger partial charge in [-0.1, -0.05) is 42.0 Å². The Morgan fingerprint density at radius 3 is 2.38 bits per heavy atom. The third kappa shape index (κ3) is 5.97. The molecule has 0 aliphatic carbocycles. The number of para-hydroxylation sites is 1. The normalized spacial score (nSPS) is 11.6. The molecule has 178 valence electrons. The number of aromatic amines is 1. The molecule has 10 nitrogen and oxygen atoms in total. The minimum Gasteiger partial charge on any atom is -0.481 e. The molecule has 2 aromatic carbocycles. The maximum absolute atomic E-state index is 13.2. The third-order valence-electron chi connectivity index (χ3n) is 4.99. The summed E-state index contributed by atoms with van der Waals surface area (Å²) in [6.07, 6.45) is -0.387. The molecule has 0 spiro atoms. The molecule has 3 aromatic rings. The Bertz CT molecular complexity index is 1380. The van der Waals surface area contributed by atoms with Gasteiger partial charge in [0.1, 0.15) is 0 Å². The average Bonchev–Trinajstić information content (AvgIpc) is 2.77. The number of hydrogen-bond acceptors (Lipinski definition) is 5. The Morgan fingerprint density at radius 2 is 1.74 bits per heavy atom. The van der Waals surface area contributed by atoms with Crippen LogP contribution in [0.2, 0.25) is 0 Å². The summed E-state index contributed by atoms with van der Waals surface area (Å²) in [5.74, 6) is -1.47. The molecular weight excluding hydrogens is 438 g/mol.